The summed E-state index contributed by atoms with van der Waals surface area (Å²) in [4.78, 5) is 26.7. The van der Waals surface area contributed by atoms with Crippen molar-refractivity contribution in [3.63, 3.8) is 0 Å². The van der Waals surface area contributed by atoms with E-state index in [1.807, 2.05) is 6.92 Å². The first kappa shape index (κ1) is 24.7. The predicted molar refractivity (Wildman–Crippen MR) is 118 cm³/mol. The molecule has 2 saturated heterocycles. The second kappa shape index (κ2) is 9.48. The summed E-state index contributed by atoms with van der Waals surface area (Å²) in [6.45, 7) is 3.74. The molecule has 2 fully saturated rings. The zero-order valence-electron chi connectivity index (χ0n) is 18.6. The van der Waals surface area contributed by atoms with E-state index in [4.69, 9.17) is 4.74 Å². The molecule has 0 N–H and O–H groups in total. The van der Waals surface area contributed by atoms with Crippen LogP contribution in [0.4, 0.5) is 0 Å². The van der Waals surface area contributed by atoms with Gasteiger partial charge in [-0.1, -0.05) is 17.7 Å². The van der Waals surface area contributed by atoms with E-state index in [1.54, 1.807) is 24.3 Å². The Morgan fingerprint density at radius 2 is 1.72 bits per heavy atom. The first-order valence-electron chi connectivity index (χ1n) is 10.6. The molecular weight excluding hydrogens is 456 g/mol. The normalized spacial score (nSPS) is 22.9. The van der Waals surface area contributed by atoms with Gasteiger partial charge in [0.25, 0.3) is 5.91 Å². The van der Waals surface area contributed by atoms with Crippen molar-refractivity contribution in [2.45, 2.75) is 50.2 Å². The number of rotatable bonds is 6. The van der Waals surface area contributed by atoms with E-state index in [9.17, 15) is 26.4 Å². The Kier molecular flexibility index (Phi) is 7.31. The number of amides is 1. The fraction of sp³-hybridized carbons (Fsp3) is 0.619. The van der Waals surface area contributed by atoms with Crippen molar-refractivity contribution in [2.75, 3.05) is 31.6 Å². The van der Waals surface area contributed by atoms with E-state index >= 15 is 0 Å². The highest BCUT2D eigenvalue weighted by Gasteiger charge is 2.37. The van der Waals surface area contributed by atoms with Crippen LogP contribution in [0, 0.1) is 12.8 Å². The highest BCUT2D eigenvalue weighted by Crippen LogP contribution is 2.25. The fourth-order valence-corrected chi connectivity index (χ4v) is 7.30. The summed E-state index contributed by atoms with van der Waals surface area (Å²) < 4.78 is 55.6. The molecule has 0 saturated carbocycles. The number of hydrogen-bond acceptors (Lipinski definition) is 7. The molecular formula is C21H30N2O7S2. The fourth-order valence-electron chi connectivity index (χ4n) is 4.06. The number of aryl methyl sites for hydroxylation is 1. The summed E-state index contributed by atoms with van der Waals surface area (Å²) in [6, 6.07) is 6.22. The maximum absolute atomic E-state index is 12.8. The molecule has 9 nitrogen and oxygen atoms in total. The summed E-state index contributed by atoms with van der Waals surface area (Å²) in [5.74, 6) is -1.51. The van der Waals surface area contributed by atoms with Crippen LogP contribution in [0.5, 0.6) is 0 Å². The van der Waals surface area contributed by atoms with Crippen molar-refractivity contribution < 1.29 is 31.2 Å². The Morgan fingerprint density at radius 3 is 2.25 bits per heavy atom. The van der Waals surface area contributed by atoms with Crippen LogP contribution < -0.4 is 0 Å². The molecule has 0 aromatic heterocycles. The molecule has 3 rings (SSSR count). The van der Waals surface area contributed by atoms with Crippen LogP contribution in [0.15, 0.2) is 29.2 Å². The molecule has 178 valence electrons. The monoisotopic (exact) mass is 486 g/mol. The molecule has 2 atom stereocenters. The number of piperidine rings is 1. The SMILES string of the molecule is Cc1ccc(S(=O)(=O)N2CCC(C(=O)O[C@H](C)C(=O)N(C)[C@@H]3CCS(=O)(=O)C3)CC2)cc1. The van der Waals surface area contributed by atoms with E-state index in [0.717, 1.165) is 5.56 Å². The summed E-state index contributed by atoms with van der Waals surface area (Å²) in [5.41, 5.74) is 0.967. The van der Waals surface area contributed by atoms with Crippen LogP contribution in [0.2, 0.25) is 0 Å². The molecule has 0 aliphatic carbocycles. The number of sulfone groups is 1. The van der Waals surface area contributed by atoms with E-state index in [1.165, 1.54) is 23.2 Å². The van der Waals surface area contributed by atoms with Gasteiger partial charge in [-0.25, -0.2) is 16.8 Å². The summed E-state index contributed by atoms with van der Waals surface area (Å²) in [7, 11) is -5.24. The van der Waals surface area contributed by atoms with Crippen molar-refractivity contribution in [1.29, 1.82) is 0 Å². The Bertz CT molecular complexity index is 1060. The molecule has 2 aliphatic heterocycles. The number of esters is 1. The van der Waals surface area contributed by atoms with Gasteiger partial charge in [0.1, 0.15) is 0 Å². The van der Waals surface area contributed by atoms with Crippen LogP contribution in [0.25, 0.3) is 0 Å². The third-order valence-electron chi connectivity index (χ3n) is 6.19. The first-order valence-corrected chi connectivity index (χ1v) is 13.9. The molecule has 1 amide bonds. The van der Waals surface area contributed by atoms with Crippen LogP contribution in [0.1, 0.15) is 31.7 Å². The quantitative estimate of drug-likeness (QED) is 0.550. The van der Waals surface area contributed by atoms with Gasteiger partial charge >= 0.3 is 5.97 Å². The highest BCUT2D eigenvalue weighted by atomic mass is 32.2. The Hall–Kier alpha value is -1.98. The number of hydrogen-bond donors (Lipinski definition) is 0. The average molecular weight is 487 g/mol. The molecule has 32 heavy (non-hydrogen) atoms. The van der Waals surface area contributed by atoms with E-state index in [0.29, 0.717) is 19.3 Å². The van der Waals surface area contributed by atoms with Gasteiger partial charge in [-0.05, 0) is 45.2 Å². The molecule has 0 spiro atoms. The lowest BCUT2D eigenvalue weighted by Crippen LogP contribution is -2.45. The predicted octanol–water partition coefficient (Wildman–Crippen LogP) is 0.973. The van der Waals surface area contributed by atoms with Gasteiger partial charge in [0, 0.05) is 26.2 Å². The number of benzene rings is 1. The lowest BCUT2D eigenvalue weighted by Gasteiger charge is -2.31. The first-order chi connectivity index (χ1) is 14.9. The van der Waals surface area contributed by atoms with Crippen LogP contribution in [-0.4, -0.2) is 81.7 Å². The smallest absolute Gasteiger partial charge is 0.309 e. The molecule has 0 unspecified atom stereocenters. The van der Waals surface area contributed by atoms with Crippen LogP contribution >= 0.6 is 0 Å². The van der Waals surface area contributed by atoms with Gasteiger partial charge in [-0.2, -0.15) is 4.31 Å². The Morgan fingerprint density at radius 1 is 1.12 bits per heavy atom. The van der Waals surface area contributed by atoms with E-state index < -0.39 is 49.8 Å². The zero-order valence-corrected chi connectivity index (χ0v) is 20.2. The van der Waals surface area contributed by atoms with E-state index in [-0.39, 0.29) is 29.5 Å². The third-order valence-corrected chi connectivity index (χ3v) is 9.85. The molecule has 1 aromatic rings. The Labute approximate surface area is 189 Å². The van der Waals surface area contributed by atoms with E-state index in [2.05, 4.69) is 0 Å². The zero-order chi connectivity index (χ0) is 23.7. The van der Waals surface area contributed by atoms with Crippen LogP contribution in [-0.2, 0) is 34.2 Å². The number of carbonyl (C=O) groups excluding carboxylic acids is 2. The molecule has 0 bridgehead atoms. The summed E-state index contributed by atoms with van der Waals surface area (Å²) in [5, 5.41) is 0. The molecule has 2 aliphatic rings. The molecule has 11 heteroatoms. The number of likely N-dealkylation sites (N-methyl/N-ethyl adjacent to an activating group) is 1. The van der Waals surface area contributed by atoms with Crippen molar-refractivity contribution in [3.8, 4) is 0 Å². The van der Waals surface area contributed by atoms with Gasteiger partial charge in [0.15, 0.2) is 15.9 Å². The van der Waals surface area contributed by atoms with Gasteiger partial charge in [0.05, 0.1) is 22.3 Å². The minimum atomic E-state index is -3.62. The summed E-state index contributed by atoms with van der Waals surface area (Å²) in [6.07, 6.45) is -0.0486. The minimum absolute atomic E-state index is 0.0491. The highest BCUT2D eigenvalue weighted by molar-refractivity contribution is 7.91. The number of ether oxygens (including phenoxy) is 1. The second-order valence-electron chi connectivity index (χ2n) is 8.58. The molecule has 1 aromatic carbocycles. The van der Waals surface area contributed by atoms with Gasteiger partial charge in [-0.3, -0.25) is 9.59 Å². The number of carbonyl (C=O) groups is 2. The number of sulfonamides is 1. The van der Waals surface area contributed by atoms with Crippen molar-refractivity contribution in [1.82, 2.24) is 9.21 Å². The maximum Gasteiger partial charge on any atom is 0.309 e. The van der Waals surface area contributed by atoms with Gasteiger partial charge in [-0.15, -0.1) is 0 Å². The summed E-state index contributed by atoms with van der Waals surface area (Å²) >= 11 is 0. The Balaban J connectivity index is 1.52. The van der Waals surface area contributed by atoms with Gasteiger partial charge < -0.3 is 9.64 Å². The largest absolute Gasteiger partial charge is 0.452 e. The molecule has 0 radical (unpaired) electrons. The van der Waals surface area contributed by atoms with Crippen LogP contribution in [0.3, 0.4) is 0 Å². The average Bonchev–Trinajstić information content (AvgIpc) is 3.12. The molecule has 2 heterocycles. The van der Waals surface area contributed by atoms with Gasteiger partial charge in [0.2, 0.25) is 10.0 Å². The number of nitrogens with zero attached hydrogens (tertiary/aromatic N) is 2. The third kappa shape index (κ3) is 5.49. The standard InChI is InChI=1S/C21H30N2O7S2/c1-15-4-6-19(7-5-15)32(28,29)23-11-8-17(9-12-23)21(25)30-16(2)20(24)22(3)18-10-13-31(26,27)14-18/h4-7,16-18H,8-14H2,1-3H3/t16-,18-/m1/s1. The minimum Gasteiger partial charge on any atom is -0.452 e. The topological polar surface area (TPSA) is 118 Å². The lowest BCUT2D eigenvalue weighted by atomic mass is 9.98. The maximum atomic E-state index is 12.8. The van der Waals surface area contributed by atoms with Crippen molar-refractivity contribution in [2.24, 2.45) is 5.92 Å². The van der Waals surface area contributed by atoms with Crippen molar-refractivity contribution >= 4 is 31.7 Å². The second-order valence-corrected chi connectivity index (χ2v) is 12.7. The van der Waals surface area contributed by atoms with Crippen molar-refractivity contribution in [3.05, 3.63) is 29.8 Å². The lowest BCUT2D eigenvalue weighted by molar-refractivity contribution is -0.163.